The fraction of sp³-hybridized carbons (Fsp3) is 0.364. The van der Waals surface area contributed by atoms with E-state index in [4.69, 9.17) is 0 Å². The van der Waals surface area contributed by atoms with Crippen LogP contribution in [0.2, 0.25) is 0 Å². The zero-order chi connectivity index (χ0) is 21.5. The largest absolute Gasteiger partial charge is 0.352 e. The molecule has 0 aromatic heterocycles. The molecular formula is C22H24N4O4. The van der Waals surface area contributed by atoms with Crippen LogP contribution in [0.4, 0.5) is 4.79 Å². The molecule has 1 aliphatic heterocycles. The van der Waals surface area contributed by atoms with E-state index < -0.39 is 29.9 Å². The first-order valence-corrected chi connectivity index (χ1v) is 9.94. The molecule has 1 heterocycles. The van der Waals surface area contributed by atoms with Crippen molar-refractivity contribution in [3.8, 4) is 0 Å². The third-order valence-electron chi connectivity index (χ3n) is 5.64. The Labute approximate surface area is 174 Å². The highest BCUT2D eigenvalue weighted by atomic mass is 16.2. The molecule has 0 radical (unpaired) electrons. The van der Waals surface area contributed by atoms with Gasteiger partial charge in [-0.15, -0.1) is 0 Å². The van der Waals surface area contributed by atoms with Crippen LogP contribution in [0.25, 0.3) is 10.8 Å². The number of amides is 5. The third kappa shape index (κ3) is 3.72. The van der Waals surface area contributed by atoms with E-state index in [0.29, 0.717) is 5.56 Å². The van der Waals surface area contributed by atoms with Crippen molar-refractivity contribution in [2.75, 3.05) is 20.1 Å². The molecule has 0 spiro atoms. The number of benzene rings is 2. The lowest BCUT2D eigenvalue weighted by molar-refractivity contribution is -0.139. The lowest BCUT2D eigenvalue weighted by Crippen LogP contribution is -2.46. The van der Waals surface area contributed by atoms with Crippen LogP contribution < -0.4 is 10.6 Å². The fourth-order valence-electron chi connectivity index (χ4n) is 3.60. The summed E-state index contributed by atoms with van der Waals surface area (Å²) in [6, 6.07) is 12.9. The fourth-order valence-corrected chi connectivity index (χ4v) is 3.60. The van der Waals surface area contributed by atoms with Crippen molar-refractivity contribution in [2.45, 2.75) is 31.3 Å². The smallest absolute Gasteiger partial charge is 0.325 e. The SMILES string of the molecule is CN(CC(=O)NC1CC1)C(=O)CN1C(=O)N[C@@](C)(c2ccc3ccccc3c2)C1=O. The van der Waals surface area contributed by atoms with Crippen molar-refractivity contribution in [3.05, 3.63) is 48.0 Å². The summed E-state index contributed by atoms with van der Waals surface area (Å²) < 4.78 is 0. The van der Waals surface area contributed by atoms with Gasteiger partial charge in [0.1, 0.15) is 12.1 Å². The highest BCUT2D eigenvalue weighted by Crippen LogP contribution is 2.31. The van der Waals surface area contributed by atoms with Gasteiger partial charge in [-0.05, 0) is 42.2 Å². The van der Waals surface area contributed by atoms with Crippen LogP contribution in [0.15, 0.2) is 42.5 Å². The Balaban J connectivity index is 1.47. The number of hydrogen-bond acceptors (Lipinski definition) is 4. The van der Waals surface area contributed by atoms with Gasteiger partial charge in [-0.25, -0.2) is 4.79 Å². The number of nitrogens with zero attached hydrogens (tertiary/aromatic N) is 2. The minimum absolute atomic E-state index is 0.110. The van der Waals surface area contributed by atoms with E-state index in [-0.39, 0.29) is 18.5 Å². The molecule has 2 N–H and O–H groups in total. The molecule has 1 saturated heterocycles. The first kappa shape index (κ1) is 19.9. The molecule has 1 saturated carbocycles. The molecule has 2 aliphatic rings. The Kier molecular flexibility index (Phi) is 4.93. The molecule has 8 heteroatoms. The molecule has 4 rings (SSSR count). The van der Waals surface area contributed by atoms with Gasteiger partial charge in [0.05, 0.1) is 6.54 Å². The molecular weight excluding hydrogens is 384 g/mol. The Morgan fingerprint density at radius 1 is 1.17 bits per heavy atom. The molecule has 8 nitrogen and oxygen atoms in total. The van der Waals surface area contributed by atoms with Gasteiger partial charge < -0.3 is 15.5 Å². The van der Waals surface area contributed by atoms with Crippen LogP contribution in [0.1, 0.15) is 25.3 Å². The van der Waals surface area contributed by atoms with E-state index in [0.717, 1.165) is 28.5 Å². The minimum Gasteiger partial charge on any atom is -0.352 e. The summed E-state index contributed by atoms with van der Waals surface area (Å²) in [6.07, 6.45) is 1.92. The average Bonchev–Trinajstić information content (AvgIpc) is 3.50. The molecule has 1 atom stereocenters. The first-order valence-electron chi connectivity index (χ1n) is 9.94. The van der Waals surface area contributed by atoms with Crippen molar-refractivity contribution in [1.82, 2.24) is 20.4 Å². The van der Waals surface area contributed by atoms with Crippen molar-refractivity contribution < 1.29 is 19.2 Å². The van der Waals surface area contributed by atoms with Gasteiger partial charge >= 0.3 is 6.03 Å². The van der Waals surface area contributed by atoms with Gasteiger partial charge in [-0.3, -0.25) is 19.3 Å². The van der Waals surface area contributed by atoms with E-state index >= 15 is 0 Å². The summed E-state index contributed by atoms with van der Waals surface area (Å²) in [5, 5.41) is 7.51. The van der Waals surface area contributed by atoms with Crippen LogP contribution in [-0.2, 0) is 19.9 Å². The standard InChI is InChI=1S/C22H24N4O4/c1-22(16-8-7-14-5-3-4-6-15(14)11-16)20(29)26(21(30)24-22)13-19(28)25(2)12-18(27)23-17-9-10-17/h3-8,11,17H,9-10,12-13H2,1-2H3,(H,23,27)(H,24,30)/t22-/m0/s1. The number of rotatable bonds is 6. The zero-order valence-corrected chi connectivity index (χ0v) is 17.0. The van der Waals surface area contributed by atoms with E-state index in [1.807, 2.05) is 36.4 Å². The Hall–Kier alpha value is -3.42. The van der Waals surface area contributed by atoms with Gasteiger partial charge in [-0.2, -0.15) is 0 Å². The molecule has 1 aliphatic carbocycles. The van der Waals surface area contributed by atoms with E-state index in [2.05, 4.69) is 10.6 Å². The molecule has 156 valence electrons. The number of carbonyl (C=O) groups is 4. The summed E-state index contributed by atoms with van der Waals surface area (Å²) in [4.78, 5) is 52.2. The van der Waals surface area contributed by atoms with Gasteiger partial charge in [0.25, 0.3) is 5.91 Å². The number of hydrogen-bond donors (Lipinski definition) is 2. The summed E-state index contributed by atoms with van der Waals surface area (Å²) in [5.41, 5.74) is -0.616. The highest BCUT2D eigenvalue weighted by Gasteiger charge is 2.49. The van der Waals surface area contributed by atoms with Crippen LogP contribution >= 0.6 is 0 Å². The Bertz CT molecular complexity index is 1050. The molecule has 2 aromatic carbocycles. The number of likely N-dealkylation sites (N-methyl/N-ethyl adjacent to an activating group) is 1. The minimum atomic E-state index is -1.26. The molecule has 0 unspecified atom stereocenters. The Morgan fingerprint density at radius 3 is 2.57 bits per heavy atom. The predicted molar refractivity (Wildman–Crippen MR) is 110 cm³/mol. The average molecular weight is 408 g/mol. The first-order chi connectivity index (χ1) is 14.3. The maximum Gasteiger partial charge on any atom is 0.325 e. The van der Waals surface area contributed by atoms with Crippen LogP contribution in [-0.4, -0.2) is 59.7 Å². The van der Waals surface area contributed by atoms with Crippen LogP contribution in [0.3, 0.4) is 0 Å². The number of urea groups is 1. The predicted octanol–water partition coefficient (Wildman–Crippen LogP) is 1.34. The van der Waals surface area contributed by atoms with Crippen molar-refractivity contribution in [1.29, 1.82) is 0 Å². The quantitative estimate of drug-likeness (QED) is 0.705. The molecule has 5 amide bonds. The van der Waals surface area contributed by atoms with Gasteiger partial charge in [-0.1, -0.05) is 36.4 Å². The second kappa shape index (κ2) is 7.44. The second-order valence-corrected chi connectivity index (χ2v) is 8.10. The van der Waals surface area contributed by atoms with Gasteiger partial charge in [0, 0.05) is 13.1 Å². The molecule has 2 fully saturated rings. The third-order valence-corrected chi connectivity index (χ3v) is 5.64. The second-order valence-electron chi connectivity index (χ2n) is 8.10. The van der Waals surface area contributed by atoms with Gasteiger partial charge in [0.15, 0.2) is 0 Å². The topological polar surface area (TPSA) is 98.8 Å². The highest BCUT2D eigenvalue weighted by molar-refractivity contribution is 6.09. The van der Waals surface area contributed by atoms with Crippen LogP contribution in [0.5, 0.6) is 0 Å². The maximum atomic E-state index is 13.1. The van der Waals surface area contributed by atoms with Gasteiger partial charge in [0.2, 0.25) is 11.8 Å². The summed E-state index contributed by atoms with van der Waals surface area (Å²) in [6.45, 7) is 1.11. The van der Waals surface area contributed by atoms with Crippen molar-refractivity contribution in [2.24, 2.45) is 0 Å². The van der Waals surface area contributed by atoms with E-state index in [1.54, 1.807) is 13.0 Å². The van der Waals surface area contributed by atoms with E-state index in [9.17, 15) is 19.2 Å². The normalized spacial score (nSPS) is 20.9. The van der Waals surface area contributed by atoms with Crippen molar-refractivity contribution >= 4 is 34.5 Å². The maximum absolute atomic E-state index is 13.1. The monoisotopic (exact) mass is 408 g/mol. The number of nitrogens with one attached hydrogen (secondary N) is 2. The summed E-state index contributed by atoms with van der Waals surface area (Å²) in [5.74, 6) is -1.22. The lowest BCUT2D eigenvalue weighted by atomic mass is 9.90. The summed E-state index contributed by atoms with van der Waals surface area (Å²) in [7, 11) is 1.48. The molecule has 0 bridgehead atoms. The zero-order valence-electron chi connectivity index (χ0n) is 17.0. The lowest BCUT2D eigenvalue weighted by Gasteiger charge is -2.23. The Morgan fingerprint density at radius 2 is 1.87 bits per heavy atom. The molecule has 2 aromatic rings. The number of imide groups is 1. The van der Waals surface area contributed by atoms with Crippen molar-refractivity contribution in [3.63, 3.8) is 0 Å². The van der Waals surface area contributed by atoms with Crippen LogP contribution in [0, 0.1) is 0 Å². The number of carbonyl (C=O) groups excluding carboxylic acids is 4. The molecule has 30 heavy (non-hydrogen) atoms. The van der Waals surface area contributed by atoms with E-state index in [1.165, 1.54) is 11.9 Å². The number of fused-ring (bicyclic) bond motifs is 1. The summed E-state index contributed by atoms with van der Waals surface area (Å²) >= 11 is 0.